The number of aromatic carboxylic acids is 1. The van der Waals surface area contributed by atoms with E-state index in [1.807, 2.05) is 13.8 Å². The standard InChI is InChI=1S/C23H30N2O5/c1-13(2)11-18-17(12-24-22(29)30-23(4,5)6)20(15-7-9-16(26)10-8-15)19(21(27)28)14(3)25-18/h7-10,13,26H,11-12H2,1-6H3,(H,24,29)(H,27,28). The number of carbonyl (C=O) groups excluding carboxylic acids is 1. The number of carboxylic acid groups (broad SMARTS) is 1. The first-order valence-electron chi connectivity index (χ1n) is 9.91. The number of phenols is 1. The van der Waals surface area contributed by atoms with Crippen LogP contribution >= 0.6 is 0 Å². The SMILES string of the molecule is Cc1nc(CC(C)C)c(CNC(=O)OC(C)(C)C)c(-c2ccc(O)cc2)c1C(=O)O. The first-order chi connectivity index (χ1) is 13.9. The predicted molar refractivity (Wildman–Crippen MR) is 115 cm³/mol. The fourth-order valence-corrected chi connectivity index (χ4v) is 3.23. The van der Waals surface area contributed by atoms with Crippen LogP contribution in [0.5, 0.6) is 5.75 Å². The molecule has 0 radical (unpaired) electrons. The number of phenolic OH excluding ortho intramolecular Hbond substituents is 1. The molecule has 1 aromatic heterocycles. The van der Waals surface area contributed by atoms with Crippen molar-refractivity contribution in [2.75, 3.05) is 0 Å². The van der Waals surface area contributed by atoms with Crippen molar-refractivity contribution in [3.05, 3.63) is 46.8 Å². The zero-order chi connectivity index (χ0) is 22.6. The Kier molecular flexibility index (Phi) is 7.08. The lowest BCUT2D eigenvalue weighted by molar-refractivity contribution is 0.0523. The van der Waals surface area contributed by atoms with Gasteiger partial charge < -0.3 is 20.3 Å². The number of benzene rings is 1. The van der Waals surface area contributed by atoms with Crippen LogP contribution in [0.25, 0.3) is 11.1 Å². The highest BCUT2D eigenvalue weighted by atomic mass is 16.6. The van der Waals surface area contributed by atoms with Gasteiger partial charge in [-0.15, -0.1) is 0 Å². The van der Waals surface area contributed by atoms with Gasteiger partial charge in [-0.05, 0) is 57.7 Å². The minimum Gasteiger partial charge on any atom is -0.508 e. The summed E-state index contributed by atoms with van der Waals surface area (Å²) in [5.74, 6) is -0.740. The molecule has 0 fully saturated rings. The van der Waals surface area contributed by atoms with E-state index in [1.165, 1.54) is 12.1 Å². The summed E-state index contributed by atoms with van der Waals surface area (Å²) in [6.45, 7) is 11.2. The molecule has 1 aromatic carbocycles. The summed E-state index contributed by atoms with van der Waals surface area (Å²) in [6.07, 6.45) is 0.0315. The summed E-state index contributed by atoms with van der Waals surface area (Å²) in [7, 11) is 0. The number of hydrogen-bond donors (Lipinski definition) is 3. The zero-order valence-electron chi connectivity index (χ0n) is 18.4. The maximum absolute atomic E-state index is 12.2. The Morgan fingerprint density at radius 1 is 1.17 bits per heavy atom. The van der Waals surface area contributed by atoms with Crippen LogP contribution in [-0.4, -0.2) is 32.9 Å². The average Bonchev–Trinajstić information content (AvgIpc) is 2.58. The largest absolute Gasteiger partial charge is 0.508 e. The van der Waals surface area contributed by atoms with E-state index < -0.39 is 17.7 Å². The Hall–Kier alpha value is -3.09. The summed E-state index contributed by atoms with van der Waals surface area (Å²) >= 11 is 0. The minimum atomic E-state index is -1.10. The van der Waals surface area contributed by atoms with Gasteiger partial charge in [0.25, 0.3) is 0 Å². The molecule has 2 rings (SSSR count). The Bertz CT molecular complexity index is 928. The van der Waals surface area contributed by atoms with Gasteiger partial charge in [-0.1, -0.05) is 26.0 Å². The number of alkyl carbamates (subject to hydrolysis) is 1. The van der Waals surface area contributed by atoms with E-state index in [0.29, 0.717) is 28.8 Å². The molecule has 7 nitrogen and oxygen atoms in total. The number of nitrogens with zero attached hydrogens (tertiary/aromatic N) is 1. The molecule has 1 amide bonds. The van der Waals surface area contributed by atoms with Gasteiger partial charge in [-0.2, -0.15) is 0 Å². The van der Waals surface area contributed by atoms with Gasteiger partial charge >= 0.3 is 12.1 Å². The molecule has 7 heteroatoms. The number of hydrogen-bond acceptors (Lipinski definition) is 5. The van der Waals surface area contributed by atoms with Crippen LogP contribution in [0.15, 0.2) is 24.3 Å². The topological polar surface area (TPSA) is 109 Å². The summed E-state index contributed by atoms with van der Waals surface area (Å²) in [4.78, 5) is 28.9. The zero-order valence-corrected chi connectivity index (χ0v) is 18.4. The normalized spacial score (nSPS) is 11.4. The lowest BCUT2D eigenvalue weighted by atomic mass is 9.90. The second-order valence-electron chi connectivity index (χ2n) is 8.68. The second kappa shape index (κ2) is 9.15. The predicted octanol–water partition coefficient (Wildman–Crippen LogP) is 4.68. The van der Waals surface area contributed by atoms with Crippen molar-refractivity contribution in [2.24, 2.45) is 5.92 Å². The number of aryl methyl sites for hydroxylation is 1. The van der Waals surface area contributed by atoms with E-state index >= 15 is 0 Å². The van der Waals surface area contributed by atoms with Gasteiger partial charge in [0, 0.05) is 23.4 Å². The number of pyridine rings is 1. The maximum atomic E-state index is 12.2. The highest BCUT2D eigenvalue weighted by Gasteiger charge is 2.25. The Morgan fingerprint density at radius 3 is 2.27 bits per heavy atom. The number of aromatic nitrogens is 1. The Balaban J connectivity index is 2.64. The first-order valence-corrected chi connectivity index (χ1v) is 9.91. The number of carboxylic acids is 1. The lowest BCUT2D eigenvalue weighted by Gasteiger charge is -2.22. The van der Waals surface area contributed by atoms with Crippen molar-refractivity contribution in [3.8, 4) is 16.9 Å². The average molecular weight is 415 g/mol. The molecule has 0 aliphatic rings. The van der Waals surface area contributed by atoms with Crippen molar-refractivity contribution in [3.63, 3.8) is 0 Å². The van der Waals surface area contributed by atoms with Gasteiger partial charge in [0.15, 0.2) is 0 Å². The van der Waals surface area contributed by atoms with Crippen molar-refractivity contribution in [2.45, 2.75) is 60.1 Å². The van der Waals surface area contributed by atoms with Crippen molar-refractivity contribution in [1.29, 1.82) is 0 Å². The molecule has 3 N–H and O–H groups in total. The van der Waals surface area contributed by atoms with E-state index in [4.69, 9.17) is 4.74 Å². The first kappa shape index (κ1) is 23.2. The number of aromatic hydroxyl groups is 1. The molecule has 0 bridgehead atoms. The molecular formula is C23H30N2O5. The third-order valence-electron chi connectivity index (χ3n) is 4.34. The third-order valence-corrected chi connectivity index (χ3v) is 4.34. The minimum absolute atomic E-state index is 0.0702. The third kappa shape index (κ3) is 5.95. The molecule has 1 heterocycles. The summed E-state index contributed by atoms with van der Waals surface area (Å²) in [5.41, 5.74) is 2.30. The Morgan fingerprint density at radius 2 is 1.77 bits per heavy atom. The molecule has 0 spiro atoms. The van der Waals surface area contributed by atoms with Crippen molar-refractivity contribution < 1.29 is 24.5 Å². The van der Waals surface area contributed by atoms with E-state index in [-0.39, 0.29) is 23.8 Å². The van der Waals surface area contributed by atoms with Gasteiger partial charge in [0.1, 0.15) is 11.4 Å². The van der Waals surface area contributed by atoms with Crippen LogP contribution in [0, 0.1) is 12.8 Å². The van der Waals surface area contributed by atoms with Gasteiger partial charge in [-0.3, -0.25) is 4.98 Å². The summed E-state index contributed by atoms with van der Waals surface area (Å²) in [6, 6.07) is 6.33. The van der Waals surface area contributed by atoms with E-state index in [0.717, 1.165) is 5.69 Å². The molecule has 162 valence electrons. The van der Waals surface area contributed by atoms with Gasteiger partial charge in [-0.25, -0.2) is 9.59 Å². The van der Waals surface area contributed by atoms with Gasteiger partial charge in [0.05, 0.1) is 11.3 Å². The fourth-order valence-electron chi connectivity index (χ4n) is 3.23. The highest BCUT2D eigenvalue weighted by Crippen LogP contribution is 2.33. The van der Waals surface area contributed by atoms with Crippen LogP contribution in [0.4, 0.5) is 4.79 Å². The van der Waals surface area contributed by atoms with Crippen LogP contribution < -0.4 is 5.32 Å². The molecule has 0 aliphatic carbocycles. The molecule has 0 atom stereocenters. The number of carbonyl (C=O) groups is 2. The molecule has 0 unspecified atom stereocenters. The molecular weight excluding hydrogens is 384 g/mol. The molecule has 2 aromatic rings. The molecule has 0 saturated carbocycles. The molecule has 0 saturated heterocycles. The van der Waals surface area contributed by atoms with Crippen LogP contribution in [0.1, 0.15) is 61.9 Å². The van der Waals surface area contributed by atoms with Crippen LogP contribution in [0.2, 0.25) is 0 Å². The smallest absolute Gasteiger partial charge is 0.407 e. The monoisotopic (exact) mass is 414 g/mol. The number of rotatable bonds is 6. The van der Waals surface area contributed by atoms with Crippen LogP contribution in [-0.2, 0) is 17.7 Å². The van der Waals surface area contributed by atoms with E-state index in [2.05, 4.69) is 10.3 Å². The van der Waals surface area contributed by atoms with Gasteiger partial charge in [0.2, 0.25) is 0 Å². The summed E-state index contributed by atoms with van der Waals surface area (Å²) < 4.78 is 5.32. The molecule has 0 aliphatic heterocycles. The fraction of sp³-hybridized carbons (Fsp3) is 0.435. The molecule has 30 heavy (non-hydrogen) atoms. The quantitative estimate of drug-likeness (QED) is 0.633. The summed E-state index contributed by atoms with van der Waals surface area (Å²) in [5, 5.41) is 22.3. The second-order valence-corrected chi connectivity index (χ2v) is 8.68. The lowest BCUT2D eigenvalue weighted by Crippen LogP contribution is -2.32. The van der Waals surface area contributed by atoms with E-state index in [9.17, 15) is 19.8 Å². The maximum Gasteiger partial charge on any atom is 0.407 e. The number of ether oxygens (including phenoxy) is 1. The number of amides is 1. The highest BCUT2D eigenvalue weighted by molar-refractivity contribution is 5.98. The number of nitrogens with one attached hydrogen (secondary N) is 1. The van der Waals surface area contributed by atoms with Crippen LogP contribution in [0.3, 0.4) is 0 Å². The van der Waals surface area contributed by atoms with Crippen molar-refractivity contribution >= 4 is 12.1 Å². The van der Waals surface area contributed by atoms with Crippen molar-refractivity contribution in [1.82, 2.24) is 10.3 Å². The van der Waals surface area contributed by atoms with E-state index in [1.54, 1.807) is 39.8 Å². The Labute approximate surface area is 177 Å².